The number of rotatable bonds is 6. The normalized spacial score (nSPS) is 10.5. The van der Waals surface area contributed by atoms with Crippen LogP contribution in [0.25, 0.3) is 0 Å². The topological polar surface area (TPSA) is 161 Å². The number of hydrogen-bond donors (Lipinski definition) is 0. The fraction of sp³-hybridized carbons (Fsp3) is 0.0909. The average molecular weight is 531 g/mol. The van der Waals surface area contributed by atoms with Crippen molar-refractivity contribution < 1.29 is 39.6 Å². The van der Waals surface area contributed by atoms with Gasteiger partial charge in [0.05, 0.1) is 23.9 Å². The van der Waals surface area contributed by atoms with Crippen LogP contribution in [0.5, 0.6) is 0 Å². The summed E-state index contributed by atoms with van der Waals surface area (Å²) >= 11 is -0.881. The van der Waals surface area contributed by atoms with E-state index in [0.717, 1.165) is 13.8 Å². The number of carboxylic acid groups (broad SMARTS) is 4. The van der Waals surface area contributed by atoms with Crippen molar-refractivity contribution in [2.75, 3.05) is 0 Å². The molecule has 0 unspecified atom stereocenters. The van der Waals surface area contributed by atoms with Gasteiger partial charge in [-0.2, -0.15) is 0 Å². The molecule has 2 rings (SSSR count). The van der Waals surface area contributed by atoms with Gasteiger partial charge >= 0.3 is 89.0 Å². The van der Waals surface area contributed by atoms with Gasteiger partial charge in [0.2, 0.25) is 0 Å². The summed E-state index contributed by atoms with van der Waals surface area (Å²) in [5.41, 5.74) is -0.704. The van der Waals surface area contributed by atoms with Gasteiger partial charge in [-0.3, -0.25) is 0 Å². The van der Waals surface area contributed by atoms with Crippen molar-refractivity contribution in [3.05, 3.63) is 84.0 Å². The Hall–Kier alpha value is -3.40. The third-order valence-electron chi connectivity index (χ3n) is 3.41. The number of carboxylic acids is 4. The Morgan fingerprint density at radius 2 is 0.903 bits per heavy atom. The Morgan fingerprint density at radius 1 is 0.613 bits per heavy atom. The molecule has 0 fully saturated rings. The molecule has 0 aliphatic heterocycles. The van der Waals surface area contributed by atoms with Crippen molar-refractivity contribution in [1.82, 2.24) is 0 Å². The summed E-state index contributed by atoms with van der Waals surface area (Å²) in [4.78, 5) is 38.8. The number of carbonyl (C=O) groups is 4. The van der Waals surface area contributed by atoms with Crippen LogP contribution in [0.3, 0.4) is 0 Å². The minimum atomic E-state index is -1.53. The van der Waals surface area contributed by atoms with Gasteiger partial charge in [0, 0.05) is 0 Å². The summed E-state index contributed by atoms with van der Waals surface area (Å²) in [5.74, 6) is -6.06. The second-order valence-corrected chi connectivity index (χ2v) is 11.7. The van der Waals surface area contributed by atoms with E-state index in [1.54, 1.807) is 7.16 Å². The first-order valence-electron chi connectivity index (χ1n) is 8.82. The molecule has 31 heavy (non-hydrogen) atoms. The summed E-state index contributed by atoms with van der Waals surface area (Å²) in [7, 11) is 0. The second-order valence-electron chi connectivity index (χ2n) is 6.02. The van der Waals surface area contributed by atoms with Crippen molar-refractivity contribution in [2.24, 2.45) is 0 Å². The van der Waals surface area contributed by atoms with Gasteiger partial charge in [-0.1, -0.05) is 0 Å². The van der Waals surface area contributed by atoms with Gasteiger partial charge in [0.1, 0.15) is 0 Å². The first-order chi connectivity index (χ1) is 14.5. The molecule has 0 aliphatic rings. The van der Waals surface area contributed by atoms with Gasteiger partial charge in [-0.25, -0.2) is 0 Å². The first-order valence-corrected chi connectivity index (χ1v) is 12.9. The van der Waals surface area contributed by atoms with E-state index in [1.807, 2.05) is 0 Å². The van der Waals surface area contributed by atoms with Gasteiger partial charge in [0.15, 0.2) is 0 Å². The van der Waals surface area contributed by atoms with Crippen LogP contribution < -0.4 is 27.6 Å². The van der Waals surface area contributed by atoms with Crippen LogP contribution in [0.4, 0.5) is 0 Å². The summed E-state index contributed by atoms with van der Waals surface area (Å²) < 4.78 is 3.16. The fourth-order valence-corrected chi connectivity index (χ4v) is 6.14. The molecule has 0 spiro atoms. The van der Waals surface area contributed by atoms with E-state index in [0.29, 0.717) is 12.2 Å². The quantitative estimate of drug-likeness (QED) is 0.267. The van der Waals surface area contributed by atoms with Gasteiger partial charge in [-0.15, -0.1) is 0 Å². The minimum absolute atomic E-state index is 0.352. The van der Waals surface area contributed by atoms with Crippen LogP contribution in [0.15, 0.2) is 84.0 Å². The first kappa shape index (κ1) is 27.6. The zero-order valence-corrected chi connectivity index (χ0v) is 20.9. The summed E-state index contributed by atoms with van der Waals surface area (Å²) in [6.07, 6.45) is 0.935. The Labute approximate surface area is 189 Å². The molecular formula is C22H20O8Sn. The van der Waals surface area contributed by atoms with Crippen molar-refractivity contribution >= 4 is 52.2 Å². The van der Waals surface area contributed by atoms with Crippen LogP contribution >= 0.6 is 0 Å². The molecule has 0 aromatic heterocycles. The molecule has 2 aromatic rings. The Bertz CT molecular complexity index is 857. The molecule has 0 saturated carbocycles. The molecule has 0 bridgehead atoms. The summed E-state index contributed by atoms with van der Waals surface area (Å²) in [5, 5.41) is 38.8. The van der Waals surface area contributed by atoms with Crippen molar-refractivity contribution in [2.45, 2.75) is 13.8 Å². The van der Waals surface area contributed by atoms with Crippen molar-refractivity contribution in [3.63, 3.8) is 0 Å². The van der Waals surface area contributed by atoms with Crippen molar-refractivity contribution in [3.8, 4) is 0 Å². The maximum absolute atomic E-state index is 9.76. The fourth-order valence-electron chi connectivity index (χ4n) is 1.90. The van der Waals surface area contributed by atoms with Crippen LogP contribution in [-0.2, 0) is 19.2 Å². The molecule has 160 valence electrons. The molecule has 0 aliphatic carbocycles. The van der Waals surface area contributed by atoms with Gasteiger partial charge in [-0.05, 0) is 37.1 Å². The predicted octanol–water partition coefficient (Wildman–Crippen LogP) is -4.33. The second kappa shape index (κ2) is 15.4. The van der Waals surface area contributed by atoms with E-state index in [4.69, 9.17) is 0 Å². The van der Waals surface area contributed by atoms with Crippen LogP contribution in [0.1, 0.15) is 13.8 Å². The molecule has 8 nitrogen and oxygen atoms in total. The molecule has 0 atom stereocenters. The number of carbonyl (C=O) groups excluding carboxylic acids is 4. The molecule has 9 heteroatoms. The van der Waals surface area contributed by atoms with E-state index in [9.17, 15) is 39.6 Å². The summed E-state index contributed by atoms with van der Waals surface area (Å²) in [6, 6.07) is 21.7. The third kappa shape index (κ3) is 15.1. The Balaban J connectivity index is 0.000000452. The molecule has 0 N–H and O–H groups in total. The van der Waals surface area contributed by atoms with E-state index >= 15 is 0 Å². The third-order valence-corrected chi connectivity index (χ3v) is 8.43. The zero-order valence-electron chi connectivity index (χ0n) is 16.9. The maximum atomic E-state index is 9.76. The molecule has 0 saturated heterocycles. The van der Waals surface area contributed by atoms with Crippen LogP contribution in [0, 0.1) is 0 Å². The molecular weight excluding hydrogens is 511 g/mol. The van der Waals surface area contributed by atoms with E-state index in [-0.39, 0.29) is 11.1 Å². The van der Waals surface area contributed by atoms with E-state index < -0.39 is 45.0 Å². The Kier molecular flexibility index (Phi) is 13.7. The molecule has 4 radical (unpaired) electrons. The van der Waals surface area contributed by atoms with Crippen molar-refractivity contribution in [1.29, 1.82) is 0 Å². The van der Waals surface area contributed by atoms with E-state index in [2.05, 4.69) is 60.7 Å². The molecule has 0 amide bonds. The molecule has 2 aromatic carbocycles. The zero-order chi connectivity index (χ0) is 23.8. The Morgan fingerprint density at radius 3 is 1.10 bits per heavy atom. The monoisotopic (exact) mass is 532 g/mol. The van der Waals surface area contributed by atoms with Gasteiger partial charge < -0.3 is 39.6 Å². The average Bonchev–Trinajstić information content (AvgIpc) is 2.69. The number of aliphatic carboxylic acids is 4. The predicted molar refractivity (Wildman–Crippen MR) is 108 cm³/mol. The number of benzene rings is 2. The molecule has 0 heterocycles. The van der Waals surface area contributed by atoms with Crippen LogP contribution in [0.2, 0.25) is 0 Å². The van der Waals surface area contributed by atoms with Gasteiger partial charge in [0.25, 0.3) is 0 Å². The SMILES string of the molecule is C/C(=C/C(=O)[O-])C(=O)[O-].C/C(=C/C(=O)[O-])C(=O)[O-].c1cc[c]([SnH2+4][c]2ccccc2)cc1. The standard InChI is InChI=1S/2C6H5.2C5H6O4.Sn.2H/c2*1-2-4-6-5-3-1;2*1-3(5(8)9)2-4(6)7;;;/h2*1-5H;2*2H,1H3,(H,6,7)(H,8,9);;;/q;;;;+4;;/p-4/b;;2*3-2-;;;. The summed E-state index contributed by atoms with van der Waals surface area (Å²) in [6.45, 7) is 2.23. The van der Waals surface area contributed by atoms with E-state index in [1.165, 1.54) is 0 Å². The number of hydrogen-bond acceptors (Lipinski definition) is 8. The van der Waals surface area contributed by atoms with Crippen LogP contribution in [-0.4, -0.2) is 45.0 Å².